The molecule has 0 saturated heterocycles. The molecule has 1 aromatic carbocycles. The number of amides is 1. The number of carbonyl (C=O) groups excluding carboxylic acids is 1. The van der Waals surface area contributed by atoms with E-state index in [1.165, 1.54) is 5.56 Å². The molecule has 1 amide bonds. The quantitative estimate of drug-likeness (QED) is 0.836. The third kappa shape index (κ3) is 3.81. The Labute approximate surface area is 105 Å². The first-order valence-corrected chi connectivity index (χ1v) is 6.06. The number of hydrogen-bond donors (Lipinski definition) is 1. The Kier molecular flexibility index (Phi) is 4.74. The van der Waals surface area contributed by atoms with E-state index in [1.54, 1.807) is 6.08 Å². The standard InChI is InChI=1S/C13H16BrNO/c1-4-10-5-6-12(11(14)8-10)15-13(16)7-9(2)3/h5-8H,4H2,1-3H3,(H,15,16). The lowest BCUT2D eigenvalue weighted by molar-refractivity contribution is -0.111. The van der Waals surface area contributed by atoms with Crippen LogP contribution in [0.15, 0.2) is 34.3 Å². The third-order valence-electron chi connectivity index (χ3n) is 2.12. The van der Waals surface area contributed by atoms with Gasteiger partial charge in [0.05, 0.1) is 5.69 Å². The van der Waals surface area contributed by atoms with Crippen molar-refractivity contribution in [3.63, 3.8) is 0 Å². The highest BCUT2D eigenvalue weighted by molar-refractivity contribution is 9.10. The molecule has 0 saturated carbocycles. The van der Waals surface area contributed by atoms with Gasteiger partial charge in [0.2, 0.25) is 5.91 Å². The number of nitrogens with one attached hydrogen (secondary N) is 1. The van der Waals surface area contributed by atoms with Gasteiger partial charge >= 0.3 is 0 Å². The van der Waals surface area contributed by atoms with Crippen molar-refractivity contribution in [2.75, 3.05) is 5.32 Å². The maximum absolute atomic E-state index is 11.5. The number of benzene rings is 1. The maximum Gasteiger partial charge on any atom is 0.248 e. The van der Waals surface area contributed by atoms with E-state index in [0.29, 0.717) is 0 Å². The second-order valence-electron chi connectivity index (χ2n) is 3.88. The molecule has 0 aliphatic rings. The van der Waals surface area contributed by atoms with E-state index in [1.807, 2.05) is 32.0 Å². The summed E-state index contributed by atoms with van der Waals surface area (Å²) >= 11 is 3.45. The number of hydrogen-bond acceptors (Lipinski definition) is 1. The summed E-state index contributed by atoms with van der Waals surface area (Å²) in [6.45, 7) is 5.90. The minimum Gasteiger partial charge on any atom is -0.321 e. The fourth-order valence-corrected chi connectivity index (χ4v) is 1.84. The summed E-state index contributed by atoms with van der Waals surface area (Å²) in [5.41, 5.74) is 3.03. The zero-order valence-corrected chi connectivity index (χ0v) is 11.4. The lowest BCUT2D eigenvalue weighted by Gasteiger charge is -2.07. The summed E-state index contributed by atoms with van der Waals surface area (Å²) in [7, 11) is 0. The Balaban J connectivity index is 2.82. The van der Waals surface area contributed by atoms with Gasteiger partial charge in [0.1, 0.15) is 0 Å². The molecule has 86 valence electrons. The van der Waals surface area contributed by atoms with Gasteiger partial charge in [-0.3, -0.25) is 4.79 Å². The minimum absolute atomic E-state index is 0.0926. The Morgan fingerprint density at radius 3 is 2.62 bits per heavy atom. The molecule has 0 radical (unpaired) electrons. The molecule has 0 atom stereocenters. The van der Waals surface area contributed by atoms with Gasteiger partial charge in [-0.25, -0.2) is 0 Å². The van der Waals surface area contributed by atoms with Crippen LogP contribution in [0.4, 0.5) is 5.69 Å². The molecule has 0 aliphatic carbocycles. The molecule has 1 rings (SSSR count). The highest BCUT2D eigenvalue weighted by Gasteiger charge is 2.03. The second kappa shape index (κ2) is 5.85. The Bertz CT molecular complexity index is 420. The minimum atomic E-state index is -0.0926. The van der Waals surface area contributed by atoms with Crippen molar-refractivity contribution in [1.29, 1.82) is 0 Å². The summed E-state index contributed by atoms with van der Waals surface area (Å²) in [6.07, 6.45) is 2.57. The molecule has 0 heterocycles. The van der Waals surface area contributed by atoms with E-state index in [-0.39, 0.29) is 5.91 Å². The Morgan fingerprint density at radius 2 is 2.12 bits per heavy atom. The molecule has 0 aliphatic heterocycles. The van der Waals surface area contributed by atoms with Crippen LogP contribution >= 0.6 is 15.9 Å². The van der Waals surface area contributed by atoms with Crippen LogP contribution in [0.2, 0.25) is 0 Å². The Hall–Kier alpha value is -1.09. The molecule has 2 nitrogen and oxygen atoms in total. The van der Waals surface area contributed by atoms with Crippen molar-refractivity contribution in [3.8, 4) is 0 Å². The van der Waals surface area contributed by atoms with Crippen LogP contribution in [0.3, 0.4) is 0 Å². The van der Waals surface area contributed by atoms with Gasteiger partial charge in [-0.1, -0.05) is 18.6 Å². The SMILES string of the molecule is CCc1ccc(NC(=O)C=C(C)C)c(Br)c1. The summed E-state index contributed by atoms with van der Waals surface area (Å²) in [5, 5.41) is 2.83. The predicted octanol–water partition coefficient (Wildman–Crippen LogP) is 3.92. The van der Waals surface area contributed by atoms with Crippen molar-refractivity contribution in [3.05, 3.63) is 39.9 Å². The highest BCUT2D eigenvalue weighted by Crippen LogP contribution is 2.23. The van der Waals surface area contributed by atoms with Gasteiger partial charge < -0.3 is 5.32 Å². The van der Waals surface area contributed by atoms with Crippen molar-refractivity contribution < 1.29 is 4.79 Å². The number of anilines is 1. The second-order valence-corrected chi connectivity index (χ2v) is 4.73. The van der Waals surface area contributed by atoms with Crippen molar-refractivity contribution >= 4 is 27.5 Å². The zero-order valence-electron chi connectivity index (χ0n) is 9.80. The summed E-state index contributed by atoms with van der Waals surface area (Å²) in [5.74, 6) is -0.0926. The smallest absolute Gasteiger partial charge is 0.248 e. The van der Waals surface area contributed by atoms with Crippen LogP contribution in [-0.4, -0.2) is 5.91 Å². The van der Waals surface area contributed by atoms with E-state index in [0.717, 1.165) is 22.2 Å². The largest absolute Gasteiger partial charge is 0.321 e. The average Bonchev–Trinajstić information content (AvgIpc) is 2.19. The van der Waals surface area contributed by atoms with E-state index >= 15 is 0 Å². The van der Waals surface area contributed by atoms with Crippen LogP contribution < -0.4 is 5.32 Å². The number of carbonyl (C=O) groups is 1. The van der Waals surface area contributed by atoms with E-state index in [4.69, 9.17) is 0 Å². The van der Waals surface area contributed by atoms with E-state index in [9.17, 15) is 4.79 Å². The Morgan fingerprint density at radius 1 is 1.44 bits per heavy atom. The molecule has 1 N–H and O–H groups in total. The normalized spacial score (nSPS) is 9.75. The fraction of sp³-hybridized carbons (Fsp3) is 0.308. The highest BCUT2D eigenvalue weighted by atomic mass is 79.9. The molecule has 0 spiro atoms. The molecule has 0 aromatic heterocycles. The fourth-order valence-electron chi connectivity index (χ4n) is 1.31. The average molecular weight is 282 g/mol. The number of rotatable bonds is 3. The first-order valence-electron chi connectivity index (χ1n) is 5.27. The van der Waals surface area contributed by atoms with Gasteiger partial charge in [-0.2, -0.15) is 0 Å². The van der Waals surface area contributed by atoms with Crippen LogP contribution in [0.25, 0.3) is 0 Å². The topological polar surface area (TPSA) is 29.1 Å². The number of aryl methyl sites for hydroxylation is 1. The maximum atomic E-state index is 11.5. The molecule has 3 heteroatoms. The first kappa shape index (κ1) is 13.0. The summed E-state index contributed by atoms with van der Waals surface area (Å²) in [4.78, 5) is 11.5. The van der Waals surface area contributed by atoms with Crippen LogP contribution in [0.5, 0.6) is 0 Å². The van der Waals surface area contributed by atoms with Crippen LogP contribution in [0, 0.1) is 0 Å². The molecule has 0 fully saturated rings. The van der Waals surface area contributed by atoms with E-state index < -0.39 is 0 Å². The lowest BCUT2D eigenvalue weighted by atomic mass is 10.1. The van der Waals surface area contributed by atoms with Gasteiger partial charge in [-0.15, -0.1) is 0 Å². The monoisotopic (exact) mass is 281 g/mol. The molecular weight excluding hydrogens is 266 g/mol. The van der Waals surface area contributed by atoms with Gasteiger partial charge in [0.15, 0.2) is 0 Å². The van der Waals surface area contributed by atoms with Crippen molar-refractivity contribution in [2.45, 2.75) is 27.2 Å². The van der Waals surface area contributed by atoms with Gasteiger partial charge in [0.25, 0.3) is 0 Å². The summed E-state index contributed by atoms with van der Waals surface area (Å²) in [6, 6.07) is 5.96. The predicted molar refractivity (Wildman–Crippen MR) is 71.6 cm³/mol. The summed E-state index contributed by atoms with van der Waals surface area (Å²) < 4.78 is 0.919. The van der Waals surface area contributed by atoms with Crippen LogP contribution in [0.1, 0.15) is 26.3 Å². The van der Waals surface area contributed by atoms with Gasteiger partial charge in [0, 0.05) is 10.5 Å². The molecule has 0 bridgehead atoms. The molecule has 1 aromatic rings. The van der Waals surface area contributed by atoms with Crippen molar-refractivity contribution in [2.24, 2.45) is 0 Å². The van der Waals surface area contributed by atoms with Gasteiger partial charge in [-0.05, 0) is 53.9 Å². The first-order chi connectivity index (χ1) is 7.52. The van der Waals surface area contributed by atoms with Crippen LogP contribution in [-0.2, 0) is 11.2 Å². The molecule has 0 unspecified atom stereocenters. The molecular formula is C13H16BrNO. The van der Waals surface area contributed by atoms with E-state index in [2.05, 4.69) is 28.2 Å². The number of halogens is 1. The van der Waals surface area contributed by atoms with Crippen molar-refractivity contribution in [1.82, 2.24) is 0 Å². The number of allylic oxidation sites excluding steroid dienone is 1. The molecule has 16 heavy (non-hydrogen) atoms. The zero-order chi connectivity index (χ0) is 12.1. The third-order valence-corrected chi connectivity index (χ3v) is 2.78. The lowest BCUT2D eigenvalue weighted by Crippen LogP contribution is -2.09.